The van der Waals surface area contributed by atoms with Gasteiger partial charge in [-0.25, -0.2) is 4.79 Å². The molecule has 10 nitrogen and oxygen atoms in total. The van der Waals surface area contributed by atoms with Crippen LogP contribution in [0.15, 0.2) is 83.2 Å². The Kier molecular flexibility index (Phi) is 10.4. The third-order valence-electron chi connectivity index (χ3n) is 6.12. The van der Waals surface area contributed by atoms with Crippen molar-refractivity contribution in [1.29, 1.82) is 0 Å². The van der Waals surface area contributed by atoms with Crippen LogP contribution in [0.4, 0.5) is 18.0 Å². The molecule has 0 saturated heterocycles. The van der Waals surface area contributed by atoms with E-state index in [1.807, 2.05) is 0 Å². The number of amides is 4. The van der Waals surface area contributed by atoms with Crippen molar-refractivity contribution in [3.8, 4) is 28.5 Å². The number of nitrogens with zero attached hydrogens (tertiary/aromatic N) is 2. The number of halogens is 3. The van der Waals surface area contributed by atoms with Gasteiger partial charge in [-0.05, 0) is 60.5 Å². The lowest BCUT2D eigenvalue weighted by Gasteiger charge is -2.12. The first-order valence-electron chi connectivity index (χ1n) is 13.1. The molecule has 0 spiro atoms. The number of carbonyl (C=O) groups excluding carboxylic acids is 3. The zero-order chi connectivity index (χ0) is 31.7. The minimum Gasteiger partial charge on any atom is -0.497 e. The maximum atomic E-state index is 13.2. The minimum atomic E-state index is -4.83. The van der Waals surface area contributed by atoms with Crippen LogP contribution in [0, 0.1) is 0 Å². The Labute approximate surface area is 253 Å². The lowest BCUT2D eigenvalue weighted by atomic mass is 10.1. The number of alkyl halides is 3. The van der Waals surface area contributed by atoms with Crippen LogP contribution in [0.2, 0.25) is 0 Å². The summed E-state index contributed by atoms with van der Waals surface area (Å²) in [6.45, 7) is 0.423. The minimum absolute atomic E-state index is 0.161. The van der Waals surface area contributed by atoms with Crippen LogP contribution >= 0.6 is 11.3 Å². The average Bonchev–Trinajstić information content (AvgIpc) is 3.40. The summed E-state index contributed by atoms with van der Waals surface area (Å²) >= 11 is 1.15. The summed E-state index contributed by atoms with van der Waals surface area (Å²) in [5.74, 6) is -0.759. The maximum Gasteiger partial charge on any atom is 0.573 e. The molecule has 4 aromatic rings. The molecule has 0 atom stereocenters. The number of urea groups is 1. The van der Waals surface area contributed by atoms with Crippen molar-refractivity contribution in [3.05, 3.63) is 94.1 Å². The highest BCUT2D eigenvalue weighted by atomic mass is 32.1. The summed E-state index contributed by atoms with van der Waals surface area (Å²) in [5, 5.41) is 6.59. The van der Waals surface area contributed by atoms with E-state index in [1.54, 1.807) is 52.4 Å². The van der Waals surface area contributed by atoms with Gasteiger partial charge in [-0.1, -0.05) is 18.2 Å². The molecule has 14 heteroatoms. The zero-order valence-electron chi connectivity index (χ0n) is 23.5. The molecule has 1 aromatic heterocycles. The first-order chi connectivity index (χ1) is 21.1. The molecular formula is C30H27F3N4O6S. The second-order valence-electron chi connectivity index (χ2n) is 9.04. The van der Waals surface area contributed by atoms with Crippen molar-refractivity contribution in [2.75, 3.05) is 20.8 Å². The van der Waals surface area contributed by atoms with E-state index in [0.29, 0.717) is 33.8 Å². The molecule has 4 rings (SSSR count). The van der Waals surface area contributed by atoms with Crippen molar-refractivity contribution in [2.24, 2.45) is 4.99 Å². The van der Waals surface area contributed by atoms with E-state index in [-0.39, 0.29) is 30.2 Å². The molecule has 0 aliphatic carbocycles. The highest BCUT2D eigenvalue weighted by Gasteiger charge is 2.31. The molecule has 3 aromatic carbocycles. The Morgan fingerprint density at radius 1 is 0.932 bits per heavy atom. The summed E-state index contributed by atoms with van der Waals surface area (Å²) in [5.41, 5.74) is 1.65. The molecule has 0 radical (unpaired) electrons. The lowest BCUT2D eigenvalue weighted by Crippen LogP contribution is -2.40. The van der Waals surface area contributed by atoms with E-state index < -0.39 is 24.2 Å². The predicted molar refractivity (Wildman–Crippen MR) is 156 cm³/mol. The number of ether oxygens (including phenoxy) is 3. The van der Waals surface area contributed by atoms with Crippen molar-refractivity contribution in [3.63, 3.8) is 0 Å². The Morgan fingerprint density at radius 3 is 2.30 bits per heavy atom. The van der Waals surface area contributed by atoms with Crippen LogP contribution in [0.25, 0.3) is 11.3 Å². The summed E-state index contributed by atoms with van der Waals surface area (Å²) in [6.07, 6.45) is -4.47. The number of benzene rings is 3. The molecule has 0 aliphatic heterocycles. The molecule has 1 heterocycles. The third kappa shape index (κ3) is 8.47. The van der Waals surface area contributed by atoms with Gasteiger partial charge in [-0.3, -0.25) is 14.9 Å². The average molecular weight is 629 g/mol. The highest BCUT2D eigenvalue weighted by molar-refractivity contribution is 7.07. The fourth-order valence-electron chi connectivity index (χ4n) is 4.06. The number of aromatic nitrogens is 1. The quantitative estimate of drug-likeness (QED) is 0.227. The molecule has 0 aliphatic rings. The number of hydrogen-bond acceptors (Lipinski definition) is 7. The third-order valence-corrected chi connectivity index (χ3v) is 6.99. The van der Waals surface area contributed by atoms with Gasteiger partial charge in [-0.15, -0.1) is 24.5 Å². The first-order valence-corrected chi connectivity index (χ1v) is 14.0. The fraction of sp³-hybridized carbons (Fsp3) is 0.200. The Balaban J connectivity index is 1.55. The molecule has 0 fully saturated rings. The number of thiazole rings is 1. The standard InChI is InChI=1S/C30H27F3N4O6S/c1-41-22-13-14-23(25(17-22)42-2)27(39)36-29-37(16-6-15-34-28(40)35-26(38)20-7-4-3-5-8-20)24(18-44-29)19-9-11-21(12-10-19)43-30(31,32)33/h3-5,7-14,17-18H,6,15-16H2,1-2H3,(H2,34,35,38,40). The Morgan fingerprint density at radius 2 is 1.64 bits per heavy atom. The van der Waals surface area contributed by atoms with Crippen molar-refractivity contribution < 1.29 is 41.8 Å². The summed E-state index contributed by atoms with van der Waals surface area (Å²) in [4.78, 5) is 42.3. The first kappa shape index (κ1) is 31.8. The van der Waals surface area contributed by atoms with E-state index in [0.717, 1.165) is 11.3 Å². The molecular weight excluding hydrogens is 601 g/mol. The zero-order valence-corrected chi connectivity index (χ0v) is 24.3. The number of rotatable bonds is 10. The molecule has 0 unspecified atom stereocenters. The van der Waals surface area contributed by atoms with E-state index in [2.05, 4.69) is 20.4 Å². The molecule has 2 N–H and O–H groups in total. The Bertz CT molecular complexity index is 1690. The molecule has 0 saturated carbocycles. The van der Waals surface area contributed by atoms with Crippen molar-refractivity contribution in [1.82, 2.24) is 15.2 Å². The van der Waals surface area contributed by atoms with E-state index in [4.69, 9.17) is 9.47 Å². The number of hydrogen-bond donors (Lipinski definition) is 2. The largest absolute Gasteiger partial charge is 0.573 e. The number of carbonyl (C=O) groups is 3. The molecule has 0 bridgehead atoms. The highest BCUT2D eigenvalue weighted by Crippen LogP contribution is 2.28. The van der Waals surface area contributed by atoms with Gasteiger partial charge in [0, 0.05) is 30.1 Å². The van der Waals surface area contributed by atoms with Crippen molar-refractivity contribution in [2.45, 2.75) is 19.3 Å². The smallest absolute Gasteiger partial charge is 0.497 e. The van der Waals surface area contributed by atoms with Gasteiger partial charge >= 0.3 is 12.4 Å². The van der Waals surface area contributed by atoms with Crippen LogP contribution in [0.3, 0.4) is 0 Å². The van der Waals surface area contributed by atoms with Gasteiger partial charge in [0.05, 0.1) is 25.5 Å². The summed E-state index contributed by atoms with van der Waals surface area (Å²) in [7, 11) is 2.90. The summed E-state index contributed by atoms with van der Waals surface area (Å²) < 4.78 is 54.1. The number of nitrogens with one attached hydrogen (secondary N) is 2. The molecule has 230 valence electrons. The normalized spacial score (nSPS) is 11.5. The van der Waals surface area contributed by atoms with Gasteiger partial charge in [0.1, 0.15) is 17.2 Å². The number of methoxy groups -OCH3 is 2. The van der Waals surface area contributed by atoms with E-state index in [9.17, 15) is 27.6 Å². The second kappa shape index (κ2) is 14.4. The lowest BCUT2D eigenvalue weighted by molar-refractivity contribution is -0.274. The van der Waals surface area contributed by atoms with Crippen molar-refractivity contribution >= 4 is 29.2 Å². The summed E-state index contributed by atoms with van der Waals surface area (Å²) in [6, 6.07) is 17.5. The van der Waals surface area contributed by atoms with Gasteiger partial charge in [0.25, 0.3) is 11.8 Å². The molecule has 4 amide bonds. The van der Waals surface area contributed by atoms with E-state index in [1.165, 1.54) is 44.6 Å². The second-order valence-corrected chi connectivity index (χ2v) is 9.88. The van der Waals surface area contributed by atoms with Crippen LogP contribution in [-0.2, 0) is 6.54 Å². The topological polar surface area (TPSA) is 120 Å². The van der Waals surface area contributed by atoms with Gasteiger partial charge in [0.15, 0.2) is 4.80 Å². The fourth-order valence-corrected chi connectivity index (χ4v) is 5.00. The SMILES string of the molecule is COc1ccc(C(=O)N=c2scc(-c3ccc(OC(F)(F)F)cc3)n2CCCNC(=O)NC(=O)c2ccccc2)c(OC)c1. The van der Waals surface area contributed by atoms with Gasteiger partial charge in [-0.2, -0.15) is 4.99 Å². The van der Waals surface area contributed by atoms with Crippen LogP contribution in [0.5, 0.6) is 17.2 Å². The molecule has 44 heavy (non-hydrogen) atoms. The van der Waals surface area contributed by atoms with Crippen LogP contribution in [0.1, 0.15) is 27.1 Å². The van der Waals surface area contributed by atoms with E-state index >= 15 is 0 Å². The number of imide groups is 1. The predicted octanol–water partition coefficient (Wildman–Crippen LogP) is 5.40. The van der Waals surface area contributed by atoms with Gasteiger partial charge < -0.3 is 24.1 Å². The van der Waals surface area contributed by atoms with Crippen LogP contribution in [-0.4, -0.2) is 49.5 Å². The Hall–Kier alpha value is -5.11. The maximum absolute atomic E-state index is 13.2. The van der Waals surface area contributed by atoms with Gasteiger partial charge in [0.2, 0.25) is 0 Å². The monoisotopic (exact) mass is 628 g/mol. The van der Waals surface area contributed by atoms with Crippen LogP contribution < -0.4 is 29.6 Å².